The summed E-state index contributed by atoms with van der Waals surface area (Å²) in [7, 11) is 1.58. The van der Waals surface area contributed by atoms with Gasteiger partial charge in [0, 0.05) is 23.6 Å². The van der Waals surface area contributed by atoms with E-state index in [0.717, 1.165) is 18.2 Å². The number of rotatable bonds is 10. The first-order valence-corrected chi connectivity index (χ1v) is 9.80. The Morgan fingerprint density at radius 3 is 2.68 bits per heavy atom. The van der Waals surface area contributed by atoms with Gasteiger partial charge in [-0.3, -0.25) is 14.8 Å². The van der Waals surface area contributed by atoms with Gasteiger partial charge >= 0.3 is 0 Å². The molecule has 1 heterocycles. The van der Waals surface area contributed by atoms with Gasteiger partial charge in [0.1, 0.15) is 11.5 Å². The molecule has 0 saturated heterocycles. The van der Waals surface area contributed by atoms with E-state index >= 15 is 0 Å². The highest BCUT2D eigenvalue weighted by Crippen LogP contribution is 2.28. The smallest absolute Gasteiger partial charge is 0.274 e. The number of para-hydroxylation sites is 1. The lowest BCUT2D eigenvalue weighted by atomic mass is 10.2. The number of nitrogens with one attached hydrogen (secondary N) is 2. The van der Waals surface area contributed by atoms with Gasteiger partial charge in [-0.05, 0) is 55.3 Å². The summed E-state index contributed by atoms with van der Waals surface area (Å²) >= 11 is 0. The van der Waals surface area contributed by atoms with Crippen LogP contribution in [0.3, 0.4) is 0 Å². The van der Waals surface area contributed by atoms with E-state index in [4.69, 9.17) is 19.1 Å². The largest absolute Gasteiger partial charge is 0.494 e. The summed E-state index contributed by atoms with van der Waals surface area (Å²) in [6, 6.07) is 13.9. The molecule has 8 nitrogen and oxygen atoms in total. The van der Waals surface area contributed by atoms with Crippen molar-refractivity contribution in [2.45, 2.75) is 12.8 Å². The Balaban J connectivity index is 1.35. The number of benzene rings is 2. The number of carbonyl (C=O) groups excluding carboxylic acids is 2. The van der Waals surface area contributed by atoms with Crippen molar-refractivity contribution in [3.63, 3.8) is 0 Å². The molecule has 162 valence electrons. The number of unbranched alkanes of at least 4 members (excludes halogenated alkanes) is 1. The van der Waals surface area contributed by atoms with Gasteiger partial charge in [-0.2, -0.15) is 0 Å². The Bertz CT molecular complexity index is 1060. The quantitative estimate of drug-likeness (QED) is 0.199. The molecule has 8 heteroatoms. The van der Waals surface area contributed by atoms with Crippen molar-refractivity contribution in [1.29, 1.82) is 0 Å². The van der Waals surface area contributed by atoms with Crippen molar-refractivity contribution < 1.29 is 28.7 Å². The molecule has 0 bridgehead atoms. The normalized spacial score (nSPS) is 10.9. The zero-order chi connectivity index (χ0) is 22.1. The van der Waals surface area contributed by atoms with E-state index in [1.165, 1.54) is 6.08 Å². The fourth-order valence-corrected chi connectivity index (χ4v) is 2.91. The van der Waals surface area contributed by atoms with Crippen LogP contribution in [0.4, 0.5) is 0 Å². The number of hydrogen-bond donors (Lipinski definition) is 3. The SMILES string of the molecule is COc1cccc2cc(/C=C/C(=O)NCCCCOc3ccc(C(=O)NO)cc3)oc12. The average Bonchev–Trinajstić information content (AvgIpc) is 3.23. The molecule has 2 amide bonds. The van der Waals surface area contributed by atoms with E-state index < -0.39 is 5.91 Å². The van der Waals surface area contributed by atoms with Gasteiger partial charge in [-0.15, -0.1) is 0 Å². The molecule has 1 aromatic heterocycles. The maximum atomic E-state index is 12.0. The third kappa shape index (κ3) is 6.10. The van der Waals surface area contributed by atoms with Crippen LogP contribution < -0.4 is 20.3 Å². The molecule has 2 aromatic carbocycles. The Morgan fingerprint density at radius 1 is 1.13 bits per heavy atom. The zero-order valence-corrected chi connectivity index (χ0v) is 17.1. The second kappa shape index (κ2) is 10.8. The highest BCUT2D eigenvalue weighted by atomic mass is 16.5. The summed E-state index contributed by atoms with van der Waals surface area (Å²) in [6.07, 6.45) is 4.57. The summed E-state index contributed by atoms with van der Waals surface area (Å²) in [5.74, 6) is 1.08. The van der Waals surface area contributed by atoms with Crippen molar-refractivity contribution in [2.24, 2.45) is 0 Å². The predicted octanol–water partition coefficient (Wildman–Crippen LogP) is 3.55. The highest BCUT2D eigenvalue weighted by molar-refractivity contribution is 5.93. The molecule has 31 heavy (non-hydrogen) atoms. The minimum Gasteiger partial charge on any atom is -0.494 e. The fraction of sp³-hybridized carbons (Fsp3) is 0.217. The highest BCUT2D eigenvalue weighted by Gasteiger charge is 2.07. The Hall–Kier alpha value is -3.78. The maximum absolute atomic E-state index is 12.0. The number of hydroxylamine groups is 1. The minimum atomic E-state index is -0.573. The number of hydrogen-bond acceptors (Lipinski definition) is 6. The van der Waals surface area contributed by atoms with E-state index in [1.54, 1.807) is 42.9 Å². The van der Waals surface area contributed by atoms with E-state index in [-0.39, 0.29) is 5.91 Å². The fourth-order valence-electron chi connectivity index (χ4n) is 2.91. The van der Waals surface area contributed by atoms with Crippen LogP contribution in [0, 0.1) is 0 Å². The Kier molecular flexibility index (Phi) is 7.67. The van der Waals surface area contributed by atoms with Crippen LogP contribution in [0.2, 0.25) is 0 Å². The maximum Gasteiger partial charge on any atom is 0.274 e. The minimum absolute atomic E-state index is 0.203. The van der Waals surface area contributed by atoms with E-state index in [1.807, 2.05) is 24.3 Å². The van der Waals surface area contributed by atoms with E-state index in [2.05, 4.69) is 5.32 Å². The van der Waals surface area contributed by atoms with Crippen LogP contribution in [-0.2, 0) is 4.79 Å². The van der Waals surface area contributed by atoms with Gasteiger partial charge < -0.3 is 19.2 Å². The molecule has 0 unspecified atom stereocenters. The second-order valence-electron chi connectivity index (χ2n) is 6.67. The number of amides is 2. The first-order valence-electron chi connectivity index (χ1n) is 9.80. The molecule has 3 aromatic rings. The van der Waals surface area contributed by atoms with Crippen molar-refractivity contribution >= 4 is 28.9 Å². The number of ether oxygens (including phenoxy) is 2. The number of fused-ring (bicyclic) bond motifs is 1. The Morgan fingerprint density at radius 2 is 1.94 bits per heavy atom. The summed E-state index contributed by atoms with van der Waals surface area (Å²) < 4.78 is 16.6. The van der Waals surface area contributed by atoms with Gasteiger partial charge in [0.15, 0.2) is 11.3 Å². The Labute approximate surface area is 179 Å². The van der Waals surface area contributed by atoms with Crippen molar-refractivity contribution in [3.05, 3.63) is 65.9 Å². The molecular formula is C23H24N2O6. The first-order chi connectivity index (χ1) is 15.1. The molecule has 0 radical (unpaired) electrons. The number of methoxy groups -OCH3 is 1. The molecule has 0 fully saturated rings. The standard InChI is InChI=1S/C23H24N2O6/c1-29-20-6-4-5-17-15-19(31-22(17)20)11-12-21(26)24-13-2-3-14-30-18-9-7-16(8-10-18)23(27)25-28/h4-12,15,28H,2-3,13-14H2,1H3,(H,24,26)(H,25,27)/b12-11+. The molecule has 0 aliphatic rings. The third-order valence-corrected chi connectivity index (χ3v) is 4.50. The lowest BCUT2D eigenvalue weighted by molar-refractivity contribution is -0.116. The van der Waals surface area contributed by atoms with E-state index in [9.17, 15) is 9.59 Å². The second-order valence-corrected chi connectivity index (χ2v) is 6.67. The molecule has 0 aliphatic carbocycles. The molecule has 0 spiro atoms. The van der Waals surface area contributed by atoms with Gasteiger partial charge in [0.25, 0.3) is 5.91 Å². The summed E-state index contributed by atoms with van der Waals surface area (Å²) in [5, 5.41) is 12.3. The van der Waals surface area contributed by atoms with Crippen LogP contribution in [0.1, 0.15) is 29.0 Å². The van der Waals surface area contributed by atoms with Crippen LogP contribution >= 0.6 is 0 Å². The molecule has 3 N–H and O–H groups in total. The summed E-state index contributed by atoms with van der Waals surface area (Å²) in [5.41, 5.74) is 2.57. The predicted molar refractivity (Wildman–Crippen MR) is 115 cm³/mol. The van der Waals surface area contributed by atoms with Crippen molar-refractivity contribution in [3.8, 4) is 11.5 Å². The molecule has 3 rings (SSSR count). The summed E-state index contributed by atoms with van der Waals surface area (Å²) in [4.78, 5) is 23.2. The van der Waals surface area contributed by atoms with Gasteiger partial charge in [0.2, 0.25) is 5.91 Å². The van der Waals surface area contributed by atoms with Gasteiger partial charge in [-0.25, -0.2) is 5.48 Å². The monoisotopic (exact) mass is 424 g/mol. The summed E-state index contributed by atoms with van der Waals surface area (Å²) in [6.45, 7) is 1.01. The van der Waals surface area contributed by atoms with Gasteiger partial charge in [0.05, 0.1) is 13.7 Å². The number of furan rings is 1. The van der Waals surface area contributed by atoms with Crippen LogP contribution in [-0.4, -0.2) is 37.3 Å². The molecule has 0 saturated carbocycles. The van der Waals surface area contributed by atoms with Gasteiger partial charge in [-0.1, -0.05) is 12.1 Å². The van der Waals surface area contributed by atoms with Crippen molar-refractivity contribution in [2.75, 3.05) is 20.3 Å². The van der Waals surface area contributed by atoms with E-state index in [0.29, 0.717) is 41.6 Å². The number of carbonyl (C=O) groups is 2. The third-order valence-electron chi connectivity index (χ3n) is 4.50. The molecular weight excluding hydrogens is 400 g/mol. The lowest BCUT2D eigenvalue weighted by Crippen LogP contribution is -2.22. The van der Waals surface area contributed by atoms with Crippen molar-refractivity contribution in [1.82, 2.24) is 10.8 Å². The average molecular weight is 424 g/mol. The lowest BCUT2D eigenvalue weighted by Gasteiger charge is -2.07. The van der Waals surface area contributed by atoms with Crippen LogP contribution in [0.5, 0.6) is 11.5 Å². The molecule has 0 aliphatic heterocycles. The van der Waals surface area contributed by atoms with Crippen LogP contribution in [0.15, 0.2) is 59.0 Å². The van der Waals surface area contributed by atoms with Crippen LogP contribution in [0.25, 0.3) is 17.0 Å². The zero-order valence-electron chi connectivity index (χ0n) is 17.1. The first kappa shape index (κ1) is 21.9. The topological polar surface area (TPSA) is 110 Å². The molecule has 0 atom stereocenters.